The second-order valence-electron chi connectivity index (χ2n) is 4.61. The molecule has 1 aliphatic carbocycles. The Labute approximate surface area is 103 Å². The Morgan fingerprint density at radius 2 is 1.33 bits per heavy atom. The summed E-state index contributed by atoms with van der Waals surface area (Å²) >= 11 is 0. The third-order valence-corrected chi connectivity index (χ3v) is 3.57. The van der Waals surface area contributed by atoms with Gasteiger partial charge in [0.05, 0.1) is 7.85 Å². The molecule has 0 N–H and O–H groups in total. The summed E-state index contributed by atoms with van der Waals surface area (Å²) in [5, 5.41) is -1.50. The smallest absolute Gasteiger partial charge is 0.200 e. The normalized spacial score (nSPS) is 18.8. The fourth-order valence-corrected chi connectivity index (χ4v) is 2.28. The van der Waals surface area contributed by atoms with Gasteiger partial charge in [0.1, 0.15) is 0 Å². The Bertz CT molecular complexity index is 469. The quantitative estimate of drug-likeness (QED) is 0.337. The van der Waals surface area contributed by atoms with E-state index in [4.69, 9.17) is 7.85 Å². The molecule has 1 unspecified atom stereocenters. The van der Waals surface area contributed by atoms with Gasteiger partial charge in [-0.05, 0) is 11.2 Å². The zero-order valence-corrected chi connectivity index (χ0v) is 9.67. The molecule has 2 rings (SSSR count). The lowest BCUT2D eigenvalue weighted by atomic mass is 9.58. The lowest BCUT2D eigenvalue weighted by Crippen LogP contribution is -2.32. The molecule has 18 heavy (non-hydrogen) atoms. The van der Waals surface area contributed by atoms with Crippen molar-refractivity contribution in [2.75, 3.05) is 0 Å². The van der Waals surface area contributed by atoms with Crippen molar-refractivity contribution >= 4 is 7.85 Å². The summed E-state index contributed by atoms with van der Waals surface area (Å²) in [4.78, 5) is 0. The van der Waals surface area contributed by atoms with E-state index in [1.54, 1.807) is 6.92 Å². The van der Waals surface area contributed by atoms with Crippen molar-refractivity contribution in [3.63, 3.8) is 0 Å². The highest BCUT2D eigenvalue weighted by Crippen LogP contribution is 2.49. The first kappa shape index (κ1) is 13.4. The van der Waals surface area contributed by atoms with Crippen molar-refractivity contribution < 1.29 is 22.0 Å². The maximum Gasteiger partial charge on any atom is 0.200 e. The van der Waals surface area contributed by atoms with Crippen LogP contribution >= 0.6 is 0 Å². The lowest BCUT2D eigenvalue weighted by Gasteiger charge is -2.30. The number of benzene rings is 1. The van der Waals surface area contributed by atoms with Crippen LogP contribution in [0, 0.1) is 35.0 Å². The van der Waals surface area contributed by atoms with Crippen molar-refractivity contribution in [2.24, 2.45) is 5.92 Å². The summed E-state index contributed by atoms with van der Waals surface area (Å²) in [5.41, 5.74) is -0.885. The Balaban J connectivity index is 2.70. The van der Waals surface area contributed by atoms with E-state index in [0.29, 0.717) is 12.8 Å². The van der Waals surface area contributed by atoms with Crippen LogP contribution in [-0.4, -0.2) is 7.85 Å². The van der Waals surface area contributed by atoms with Gasteiger partial charge >= 0.3 is 0 Å². The van der Waals surface area contributed by atoms with Gasteiger partial charge in [-0.1, -0.05) is 26.2 Å². The van der Waals surface area contributed by atoms with Crippen molar-refractivity contribution in [1.29, 1.82) is 0 Å². The molecule has 0 saturated heterocycles. The van der Waals surface area contributed by atoms with Crippen LogP contribution in [0.1, 0.15) is 31.7 Å². The van der Waals surface area contributed by atoms with E-state index < -0.39 is 40.0 Å². The molecule has 0 heterocycles. The first-order valence-corrected chi connectivity index (χ1v) is 5.65. The molecule has 1 aromatic rings. The molecule has 2 radical (unpaired) electrons. The van der Waals surface area contributed by atoms with Crippen LogP contribution < -0.4 is 0 Å². The third-order valence-electron chi connectivity index (χ3n) is 3.57. The van der Waals surface area contributed by atoms with Crippen LogP contribution in [-0.2, 0) is 5.31 Å². The highest BCUT2D eigenvalue weighted by atomic mass is 19.2. The van der Waals surface area contributed by atoms with Gasteiger partial charge < -0.3 is 0 Å². The minimum absolute atomic E-state index is 0.107. The molecule has 0 nitrogen and oxygen atoms in total. The lowest BCUT2D eigenvalue weighted by molar-refractivity contribution is 0.348. The highest BCUT2D eigenvalue weighted by molar-refractivity contribution is 6.16. The molecule has 0 spiro atoms. The topological polar surface area (TPSA) is 0 Å². The Kier molecular flexibility index (Phi) is 3.15. The maximum atomic E-state index is 13.7. The van der Waals surface area contributed by atoms with Gasteiger partial charge in [0, 0.05) is 5.56 Å². The molecule has 1 saturated carbocycles. The van der Waals surface area contributed by atoms with E-state index in [2.05, 4.69) is 0 Å². The number of hydrogen-bond donors (Lipinski definition) is 0. The Morgan fingerprint density at radius 3 is 1.67 bits per heavy atom. The van der Waals surface area contributed by atoms with Crippen molar-refractivity contribution in [3.05, 3.63) is 34.6 Å². The first-order valence-electron chi connectivity index (χ1n) is 5.65. The van der Waals surface area contributed by atoms with Crippen LogP contribution in [0.5, 0.6) is 0 Å². The zero-order valence-electron chi connectivity index (χ0n) is 9.67. The van der Waals surface area contributed by atoms with Crippen LogP contribution in [0.15, 0.2) is 0 Å². The standard InChI is InChI=1S/C12H10BF5/c1-2-12(13,5-3-4-5)6-7(14)9(16)11(18)10(17)8(6)15/h5H,2-4H2,1H3. The van der Waals surface area contributed by atoms with Crippen molar-refractivity contribution in [3.8, 4) is 0 Å². The van der Waals surface area contributed by atoms with Gasteiger partial charge in [-0.2, -0.15) is 0 Å². The molecule has 1 aliphatic rings. The van der Waals surface area contributed by atoms with Crippen molar-refractivity contribution in [2.45, 2.75) is 31.5 Å². The number of hydrogen-bond acceptors (Lipinski definition) is 0. The molecule has 0 amide bonds. The molecule has 6 heteroatoms. The van der Waals surface area contributed by atoms with E-state index in [1.807, 2.05) is 0 Å². The van der Waals surface area contributed by atoms with E-state index in [-0.39, 0.29) is 12.3 Å². The number of halogens is 5. The minimum Gasteiger partial charge on any atom is -0.203 e. The molecule has 0 aliphatic heterocycles. The van der Waals surface area contributed by atoms with E-state index in [9.17, 15) is 22.0 Å². The average molecular weight is 260 g/mol. The van der Waals surface area contributed by atoms with Gasteiger partial charge in [0.25, 0.3) is 0 Å². The van der Waals surface area contributed by atoms with Gasteiger partial charge in [-0.3, -0.25) is 0 Å². The second-order valence-corrected chi connectivity index (χ2v) is 4.61. The molecular formula is C12H10BF5. The predicted octanol–water partition coefficient (Wildman–Crippen LogP) is 3.57. The van der Waals surface area contributed by atoms with Crippen LogP contribution in [0.4, 0.5) is 22.0 Å². The highest BCUT2D eigenvalue weighted by Gasteiger charge is 2.45. The van der Waals surface area contributed by atoms with E-state index >= 15 is 0 Å². The summed E-state index contributed by atoms with van der Waals surface area (Å²) in [6.07, 6.45) is 1.36. The third kappa shape index (κ3) is 1.73. The van der Waals surface area contributed by atoms with Crippen LogP contribution in [0.2, 0.25) is 0 Å². The Morgan fingerprint density at radius 1 is 0.944 bits per heavy atom. The van der Waals surface area contributed by atoms with Crippen molar-refractivity contribution in [1.82, 2.24) is 0 Å². The molecule has 0 bridgehead atoms. The fraction of sp³-hybridized carbons (Fsp3) is 0.500. The van der Waals surface area contributed by atoms with Crippen LogP contribution in [0.3, 0.4) is 0 Å². The molecule has 0 aromatic heterocycles. The SMILES string of the molecule is [B]C(CC)(c1c(F)c(F)c(F)c(F)c1F)C1CC1. The number of rotatable bonds is 3. The molecule has 1 fully saturated rings. The zero-order chi connectivity index (χ0) is 13.7. The minimum atomic E-state index is -2.15. The summed E-state index contributed by atoms with van der Waals surface area (Å²) in [6, 6.07) is 0. The van der Waals surface area contributed by atoms with Gasteiger partial charge in [-0.25, -0.2) is 22.0 Å². The second kappa shape index (κ2) is 4.25. The van der Waals surface area contributed by atoms with Gasteiger partial charge in [0.2, 0.25) is 5.82 Å². The molecule has 1 atom stereocenters. The Hall–Kier alpha value is -1.07. The summed E-state index contributed by atoms with van der Waals surface area (Å²) in [7, 11) is 5.88. The van der Waals surface area contributed by atoms with Gasteiger partial charge in [-0.15, -0.1) is 0 Å². The van der Waals surface area contributed by atoms with Crippen LogP contribution in [0.25, 0.3) is 0 Å². The summed E-state index contributed by atoms with van der Waals surface area (Å²) in [5.74, 6) is -9.90. The maximum absolute atomic E-state index is 13.7. The summed E-state index contributed by atoms with van der Waals surface area (Å²) in [6.45, 7) is 1.57. The summed E-state index contributed by atoms with van der Waals surface area (Å²) < 4.78 is 66.6. The first-order chi connectivity index (χ1) is 8.34. The monoisotopic (exact) mass is 260 g/mol. The molecule has 96 valence electrons. The van der Waals surface area contributed by atoms with E-state index in [1.165, 1.54) is 0 Å². The largest absolute Gasteiger partial charge is 0.203 e. The van der Waals surface area contributed by atoms with Gasteiger partial charge in [0.15, 0.2) is 23.3 Å². The fourth-order valence-electron chi connectivity index (χ4n) is 2.28. The molecular weight excluding hydrogens is 250 g/mol. The van der Waals surface area contributed by atoms with E-state index in [0.717, 1.165) is 0 Å². The molecule has 1 aromatic carbocycles. The average Bonchev–Trinajstić information content (AvgIpc) is 3.18. The predicted molar refractivity (Wildman–Crippen MR) is 56.7 cm³/mol.